The molecule has 1 atom stereocenters. The standard InChI is InChI=1S/C14H21N5O2/c1-9-12(15-2)16-8-17-13(9)19-5-6-21-7-11(19)14(20)18-10-3-4-10/h8,10-11H,3-7H2,1-2H3,(H,18,20)(H,15,16,17). The molecule has 0 radical (unpaired) electrons. The Bertz CT molecular complexity index is 532. The van der Waals surface area contributed by atoms with E-state index in [1.165, 1.54) is 6.33 Å². The highest BCUT2D eigenvalue weighted by Gasteiger charge is 2.34. The largest absolute Gasteiger partial charge is 0.377 e. The van der Waals surface area contributed by atoms with Crippen LogP contribution in [0.3, 0.4) is 0 Å². The summed E-state index contributed by atoms with van der Waals surface area (Å²) < 4.78 is 5.49. The third kappa shape index (κ3) is 2.92. The minimum Gasteiger partial charge on any atom is -0.377 e. The van der Waals surface area contributed by atoms with Crippen molar-refractivity contribution in [2.24, 2.45) is 0 Å². The predicted molar refractivity (Wildman–Crippen MR) is 79.4 cm³/mol. The van der Waals surface area contributed by atoms with E-state index in [9.17, 15) is 4.79 Å². The van der Waals surface area contributed by atoms with Crippen molar-refractivity contribution in [3.63, 3.8) is 0 Å². The van der Waals surface area contributed by atoms with Gasteiger partial charge in [-0.1, -0.05) is 0 Å². The van der Waals surface area contributed by atoms with Gasteiger partial charge >= 0.3 is 0 Å². The predicted octanol–water partition coefficient (Wildman–Crippen LogP) is 0.311. The normalized spacial score (nSPS) is 22.0. The Labute approximate surface area is 124 Å². The van der Waals surface area contributed by atoms with Crippen LogP contribution >= 0.6 is 0 Å². The maximum atomic E-state index is 12.4. The fraction of sp³-hybridized carbons (Fsp3) is 0.643. The van der Waals surface area contributed by atoms with Crippen molar-refractivity contribution < 1.29 is 9.53 Å². The van der Waals surface area contributed by atoms with Gasteiger partial charge in [-0.05, 0) is 19.8 Å². The molecule has 7 nitrogen and oxygen atoms in total. The fourth-order valence-corrected chi connectivity index (χ4v) is 2.58. The number of carbonyl (C=O) groups excluding carboxylic acids is 1. The SMILES string of the molecule is CNc1ncnc(N2CCOCC2C(=O)NC2CC2)c1C. The van der Waals surface area contributed by atoms with Crippen molar-refractivity contribution in [2.45, 2.75) is 31.8 Å². The lowest BCUT2D eigenvalue weighted by Gasteiger charge is -2.36. The highest BCUT2D eigenvalue weighted by molar-refractivity contribution is 5.86. The van der Waals surface area contributed by atoms with Crippen molar-refractivity contribution in [1.29, 1.82) is 0 Å². The van der Waals surface area contributed by atoms with Crippen LogP contribution in [0.4, 0.5) is 11.6 Å². The Kier molecular flexibility index (Phi) is 3.92. The molecule has 0 aromatic carbocycles. The first-order valence-electron chi connectivity index (χ1n) is 7.35. The monoisotopic (exact) mass is 291 g/mol. The lowest BCUT2D eigenvalue weighted by Crippen LogP contribution is -2.54. The zero-order valence-corrected chi connectivity index (χ0v) is 12.4. The topological polar surface area (TPSA) is 79.4 Å². The zero-order chi connectivity index (χ0) is 14.8. The molecule has 2 aliphatic rings. The molecule has 1 aliphatic heterocycles. The number of morpholine rings is 1. The average Bonchev–Trinajstić information content (AvgIpc) is 3.31. The quantitative estimate of drug-likeness (QED) is 0.831. The van der Waals surface area contributed by atoms with E-state index in [1.54, 1.807) is 0 Å². The Morgan fingerprint density at radius 2 is 2.24 bits per heavy atom. The molecular weight excluding hydrogens is 270 g/mol. The molecule has 1 aromatic heterocycles. The van der Waals surface area contributed by atoms with Crippen molar-refractivity contribution in [3.05, 3.63) is 11.9 Å². The molecule has 2 heterocycles. The number of aromatic nitrogens is 2. The van der Waals surface area contributed by atoms with Crippen molar-refractivity contribution >= 4 is 17.5 Å². The van der Waals surface area contributed by atoms with Crippen LogP contribution < -0.4 is 15.5 Å². The third-order valence-electron chi connectivity index (χ3n) is 3.92. The van der Waals surface area contributed by atoms with Crippen LogP contribution in [0.2, 0.25) is 0 Å². The van der Waals surface area contributed by atoms with Gasteiger partial charge in [0.15, 0.2) is 0 Å². The summed E-state index contributed by atoms with van der Waals surface area (Å²) in [5, 5.41) is 6.10. The number of hydrogen-bond donors (Lipinski definition) is 2. The summed E-state index contributed by atoms with van der Waals surface area (Å²) in [6.45, 7) is 3.62. The van der Waals surface area contributed by atoms with E-state index in [0.717, 1.165) is 30.0 Å². The Hall–Kier alpha value is -1.89. The van der Waals surface area contributed by atoms with Gasteiger partial charge in [0.25, 0.3) is 0 Å². The first-order chi connectivity index (χ1) is 10.2. The molecule has 1 unspecified atom stereocenters. The zero-order valence-electron chi connectivity index (χ0n) is 12.4. The summed E-state index contributed by atoms with van der Waals surface area (Å²) in [4.78, 5) is 23.0. The van der Waals surface area contributed by atoms with Crippen LogP contribution in [0.25, 0.3) is 0 Å². The number of ether oxygens (including phenoxy) is 1. The molecule has 114 valence electrons. The summed E-state index contributed by atoms with van der Waals surface area (Å²) in [5.74, 6) is 1.61. The molecular formula is C14H21N5O2. The molecule has 21 heavy (non-hydrogen) atoms. The first kappa shape index (κ1) is 14.1. The van der Waals surface area contributed by atoms with Crippen molar-refractivity contribution in [2.75, 3.05) is 37.0 Å². The van der Waals surface area contributed by atoms with Gasteiger partial charge in [0.2, 0.25) is 5.91 Å². The van der Waals surface area contributed by atoms with Crippen LogP contribution in [-0.4, -0.2) is 54.8 Å². The first-order valence-corrected chi connectivity index (χ1v) is 7.35. The number of anilines is 2. The van der Waals surface area contributed by atoms with Crippen LogP contribution in [0, 0.1) is 6.92 Å². The molecule has 2 fully saturated rings. The van der Waals surface area contributed by atoms with E-state index in [2.05, 4.69) is 20.6 Å². The molecule has 1 saturated heterocycles. The van der Waals surface area contributed by atoms with Gasteiger partial charge < -0.3 is 20.3 Å². The molecule has 1 aliphatic carbocycles. The van der Waals surface area contributed by atoms with Gasteiger partial charge in [0, 0.05) is 25.2 Å². The van der Waals surface area contributed by atoms with Gasteiger partial charge in [0.05, 0.1) is 13.2 Å². The van der Waals surface area contributed by atoms with E-state index in [1.807, 2.05) is 18.9 Å². The van der Waals surface area contributed by atoms with E-state index in [4.69, 9.17) is 4.74 Å². The second-order valence-electron chi connectivity index (χ2n) is 5.49. The molecule has 1 saturated carbocycles. The minimum atomic E-state index is -0.322. The maximum Gasteiger partial charge on any atom is 0.245 e. The van der Waals surface area contributed by atoms with Crippen molar-refractivity contribution in [1.82, 2.24) is 15.3 Å². The van der Waals surface area contributed by atoms with Crippen LogP contribution in [0.5, 0.6) is 0 Å². The molecule has 0 spiro atoms. The van der Waals surface area contributed by atoms with Crippen LogP contribution in [-0.2, 0) is 9.53 Å². The Morgan fingerprint density at radius 3 is 2.95 bits per heavy atom. The van der Waals surface area contributed by atoms with Gasteiger partial charge in [0.1, 0.15) is 24.0 Å². The minimum absolute atomic E-state index is 0.0289. The van der Waals surface area contributed by atoms with Crippen LogP contribution in [0.15, 0.2) is 6.33 Å². The Balaban J connectivity index is 1.84. The van der Waals surface area contributed by atoms with Gasteiger partial charge in [-0.25, -0.2) is 9.97 Å². The second kappa shape index (κ2) is 5.85. The third-order valence-corrected chi connectivity index (χ3v) is 3.92. The smallest absolute Gasteiger partial charge is 0.245 e. The molecule has 0 bridgehead atoms. The lowest BCUT2D eigenvalue weighted by molar-refractivity contribution is -0.124. The van der Waals surface area contributed by atoms with Crippen molar-refractivity contribution in [3.8, 4) is 0 Å². The Morgan fingerprint density at radius 1 is 1.43 bits per heavy atom. The fourth-order valence-electron chi connectivity index (χ4n) is 2.58. The lowest BCUT2D eigenvalue weighted by atomic mass is 10.1. The summed E-state index contributed by atoms with van der Waals surface area (Å²) in [7, 11) is 1.83. The van der Waals surface area contributed by atoms with E-state index < -0.39 is 0 Å². The summed E-state index contributed by atoms with van der Waals surface area (Å²) in [6.07, 6.45) is 3.69. The van der Waals surface area contributed by atoms with E-state index in [0.29, 0.717) is 25.8 Å². The molecule has 2 N–H and O–H groups in total. The van der Waals surface area contributed by atoms with E-state index in [-0.39, 0.29) is 11.9 Å². The second-order valence-corrected chi connectivity index (χ2v) is 5.49. The molecule has 3 rings (SSSR count). The highest BCUT2D eigenvalue weighted by Crippen LogP contribution is 2.26. The van der Waals surface area contributed by atoms with Gasteiger partial charge in [-0.15, -0.1) is 0 Å². The average molecular weight is 291 g/mol. The maximum absolute atomic E-state index is 12.4. The number of nitrogens with zero attached hydrogens (tertiary/aromatic N) is 3. The summed E-state index contributed by atoms with van der Waals surface area (Å²) in [6, 6.07) is 0.0262. The summed E-state index contributed by atoms with van der Waals surface area (Å²) in [5.41, 5.74) is 0.950. The number of rotatable bonds is 4. The molecule has 7 heteroatoms. The number of amides is 1. The number of carbonyl (C=O) groups is 1. The molecule has 1 amide bonds. The van der Waals surface area contributed by atoms with E-state index >= 15 is 0 Å². The van der Waals surface area contributed by atoms with Crippen LogP contribution in [0.1, 0.15) is 18.4 Å². The molecule has 1 aromatic rings. The number of nitrogens with one attached hydrogen (secondary N) is 2. The van der Waals surface area contributed by atoms with Gasteiger partial charge in [-0.3, -0.25) is 4.79 Å². The number of hydrogen-bond acceptors (Lipinski definition) is 6. The highest BCUT2D eigenvalue weighted by atomic mass is 16.5. The van der Waals surface area contributed by atoms with Gasteiger partial charge in [-0.2, -0.15) is 0 Å². The summed E-state index contributed by atoms with van der Waals surface area (Å²) >= 11 is 0.